The first-order valence-electron chi connectivity index (χ1n) is 14.1. The number of allylic oxidation sites excluding steroid dienone is 4. The third kappa shape index (κ3) is 3.46. The van der Waals surface area contributed by atoms with Gasteiger partial charge in [-0.15, -0.1) is 0 Å². The number of benzene rings is 5. The molecule has 4 nitrogen and oxygen atoms in total. The van der Waals surface area contributed by atoms with Gasteiger partial charge >= 0.3 is 0 Å². The number of nitrogens with zero attached hydrogens (tertiary/aromatic N) is 4. The predicted molar refractivity (Wildman–Crippen MR) is 171 cm³/mol. The van der Waals surface area contributed by atoms with Gasteiger partial charge in [0, 0.05) is 43.9 Å². The van der Waals surface area contributed by atoms with Crippen molar-refractivity contribution in [3.63, 3.8) is 0 Å². The molecule has 0 bridgehead atoms. The Morgan fingerprint density at radius 3 is 2.10 bits per heavy atom. The fraction of sp³-hybridized carbons (Fsp3) is 0.0526. The maximum atomic E-state index is 9.73. The first-order chi connectivity index (χ1) is 20.8. The molecule has 5 aromatic carbocycles. The lowest BCUT2D eigenvalue weighted by atomic mass is 9.98. The van der Waals surface area contributed by atoms with Gasteiger partial charge in [0.25, 0.3) is 0 Å². The molecule has 4 heteroatoms. The summed E-state index contributed by atoms with van der Waals surface area (Å²) < 4.78 is 4.74. The standard InChI is InChI=1S/C38H24N4/c39-23-25-9-6-12-28(21-25)42-36-20-19-26(24-40)22-34(36)33-17-8-16-32(38(33)42)31-15-7-14-30-29-13-4-5-18-35(29)41(37(30)31)27-10-2-1-3-11-27/h1-10,12-22,27H,11H2. The summed E-state index contributed by atoms with van der Waals surface area (Å²) in [4.78, 5) is 0. The normalized spacial score (nSPS) is 14.6. The molecular weight excluding hydrogens is 512 g/mol. The molecule has 0 spiro atoms. The number of nitriles is 2. The first kappa shape index (κ1) is 24.0. The summed E-state index contributed by atoms with van der Waals surface area (Å²) in [6, 6.07) is 40.1. The van der Waals surface area contributed by atoms with Gasteiger partial charge in [-0.1, -0.05) is 85.0 Å². The highest BCUT2D eigenvalue weighted by Crippen LogP contribution is 2.44. The molecule has 42 heavy (non-hydrogen) atoms. The molecule has 1 aliphatic rings. The summed E-state index contributed by atoms with van der Waals surface area (Å²) in [5, 5.41) is 24.0. The molecule has 8 rings (SSSR count). The molecule has 0 saturated carbocycles. The van der Waals surface area contributed by atoms with Crippen LogP contribution in [-0.4, -0.2) is 9.13 Å². The minimum absolute atomic E-state index is 0.203. The van der Waals surface area contributed by atoms with Crippen LogP contribution in [0.4, 0.5) is 0 Å². The van der Waals surface area contributed by atoms with Crippen LogP contribution in [0.3, 0.4) is 0 Å². The Labute approximate surface area is 242 Å². The molecular formula is C38H24N4. The van der Waals surface area contributed by atoms with E-state index in [1.807, 2.05) is 42.5 Å². The zero-order valence-electron chi connectivity index (χ0n) is 22.7. The van der Waals surface area contributed by atoms with Crippen LogP contribution < -0.4 is 0 Å². The second kappa shape index (κ2) is 9.37. The van der Waals surface area contributed by atoms with Gasteiger partial charge in [-0.05, 0) is 48.9 Å². The lowest BCUT2D eigenvalue weighted by Gasteiger charge is -2.20. The highest BCUT2D eigenvalue weighted by Gasteiger charge is 2.23. The van der Waals surface area contributed by atoms with Crippen molar-refractivity contribution in [1.82, 2.24) is 9.13 Å². The van der Waals surface area contributed by atoms with E-state index in [1.54, 1.807) is 0 Å². The Morgan fingerprint density at radius 1 is 0.595 bits per heavy atom. The highest BCUT2D eigenvalue weighted by molar-refractivity contribution is 6.18. The molecule has 0 radical (unpaired) electrons. The Morgan fingerprint density at radius 2 is 1.31 bits per heavy atom. The van der Waals surface area contributed by atoms with Crippen LogP contribution in [0.25, 0.3) is 60.4 Å². The molecule has 0 amide bonds. The van der Waals surface area contributed by atoms with Crippen molar-refractivity contribution >= 4 is 43.6 Å². The average molecular weight is 537 g/mol. The molecule has 0 N–H and O–H groups in total. The van der Waals surface area contributed by atoms with Crippen LogP contribution in [0.5, 0.6) is 0 Å². The van der Waals surface area contributed by atoms with Gasteiger partial charge in [0.2, 0.25) is 0 Å². The van der Waals surface area contributed by atoms with E-state index in [4.69, 9.17) is 0 Å². The Bertz CT molecular complexity index is 2370. The topological polar surface area (TPSA) is 57.4 Å². The maximum absolute atomic E-state index is 9.73. The van der Waals surface area contributed by atoms with Crippen molar-refractivity contribution in [2.45, 2.75) is 12.5 Å². The van der Waals surface area contributed by atoms with Gasteiger partial charge in [-0.25, -0.2) is 0 Å². The largest absolute Gasteiger partial charge is 0.333 e. The van der Waals surface area contributed by atoms with Crippen molar-refractivity contribution in [3.8, 4) is 29.0 Å². The van der Waals surface area contributed by atoms with Crippen LogP contribution in [-0.2, 0) is 0 Å². The number of hydrogen-bond acceptors (Lipinski definition) is 2. The van der Waals surface area contributed by atoms with Gasteiger partial charge in [-0.3, -0.25) is 0 Å². The van der Waals surface area contributed by atoms with Crippen molar-refractivity contribution in [2.24, 2.45) is 0 Å². The second-order valence-corrected chi connectivity index (χ2v) is 10.7. The van der Waals surface area contributed by atoms with Gasteiger partial charge in [0.1, 0.15) is 0 Å². The number of para-hydroxylation sites is 3. The molecule has 0 saturated heterocycles. The Hall–Kier alpha value is -5.84. The van der Waals surface area contributed by atoms with Gasteiger partial charge < -0.3 is 9.13 Å². The van der Waals surface area contributed by atoms with Crippen LogP contribution in [0.2, 0.25) is 0 Å². The summed E-state index contributed by atoms with van der Waals surface area (Å²) >= 11 is 0. The molecule has 1 atom stereocenters. The SMILES string of the molecule is N#Cc1cccc(-n2c3ccc(C#N)cc3c3cccc(-c4cccc5c6ccccc6n(C6C=CC=CC6)c45)c32)c1. The van der Waals surface area contributed by atoms with E-state index in [-0.39, 0.29) is 6.04 Å². The summed E-state index contributed by atoms with van der Waals surface area (Å²) in [6.07, 6.45) is 9.72. The zero-order valence-corrected chi connectivity index (χ0v) is 22.7. The summed E-state index contributed by atoms with van der Waals surface area (Å²) in [6.45, 7) is 0. The van der Waals surface area contributed by atoms with Crippen LogP contribution in [0, 0.1) is 22.7 Å². The molecule has 2 heterocycles. The fourth-order valence-electron chi connectivity index (χ4n) is 6.71. The summed E-state index contributed by atoms with van der Waals surface area (Å²) in [7, 11) is 0. The first-order valence-corrected chi connectivity index (χ1v) is 14.1. The van der Waals surface area contributed by atoms with E-state index in [0.29, 0.717) is 11.1 Å². The van der Waals surface area contributed by atoms with E-state index in [9.17, 15) is 10.5 Å². The summed E-state index contributed by atoms with van der Waals surface area (Å²) in [5.41, 5.74) is 8.88. The molecule has 196 valence electrons. The third-order valence-corrected chi connectivity index (χ3v) is 8.46. The van der Waals surface area contributed by atoms with E-state index in [2.05, 4.69) is 106 Å². The predicted octanol–water partition coefficient (Wildman–Crippen LogP) is 9.36. The Balaban J connectivity index is 1.54. The summed E-state index contributed by atoms with van der Waals surface area (Å²) in [5.74, 6) is 0. The van der Waals surface area contributed by atoms with Crippen LogP contribution >= 0.6 is 0 Å². The average Bonchev–Trinajstić information content (AvgIpc) is 3.58. The van der Waals surface area contributed by atoms with E-state index in [0.717, 1.165) is 45.0 Å². The smallest absolute Gasteiger partial charge is 0.0992 e. The number of fused-ring (bicyclic) bond motifs is 6. The zero-order chi connectivity index (χ0) is 28.2. The number of aromatic nitrogens is 2. The van der Waals surface area contributed by atoms with E-state index < -0.39 is 0 Å². The molecule has 7 aromatic rings. The van der Waals surface area contributed by atoms with Gasteiger partial charge in [0.05, 0.1) is 45.9 Å². The van der Waals surface area contributed by atoms with Crippen LogP contribution in [0.15, 0.2) is 127 Å². The lowest BCUT2D eigenvalue weighted by Crippen LogP contribution is -2.07. The molecule has 2 aromatic heterocycles. The minimum Gasteiger partial charge on any atom is -0.333 e. The Kier molecular flexibility index (Phi) is 5.36. The molecule has 0 aliphatic heterocycles. The van der Waals surface area contributed by atoms with Crippen molar-refractivity contribution < 1.29 is 0 Å². The van der Waals surface area contributed by atoms with Gasteiger partial charge in [0.15, 0.2) is 0 Å². The molecule has 1 unspecified atom stereocenters. The van der Waals surface area contributed by atoms with Crippen molar-refractivity contribution in [1.29, 1.82) is 10.5 Å². The van der Waals surface area contributed by atoms with Crippen molar-refractivity contribution in [3.05, 3.63) is 139 Å². The van der Waals surface area contributed by atoms with Crippen molar-refractivity contribution in [2.75, 3.05) is 0 Å². The molecule has 0 fully saturated rings. The number of hydrogen-bond donors (Lipinski definition) is 0. The van der Waals surface area contributed by atoms with E-state index >= 15 is 0 Å². The van der Waals surface area contributed by atoms with Gasteiger partial charge in [-0.2, -0.15) is 10.5 Å². The minimum atomic E-state index is 0.203. The maximum Gasteiger partial charge on any atom is 0.0992 e. The van der Waals surface area contributed by atoms with Crippen LogP contribution in [0.1, 0.15) is 23.6 Å². The second-order valence-electron chi connectivity index (χ2n) is 10.7. The fourth-order valence-corrected chi connectivity index (χ4v) is 6.71. The number of rotatable bonds is 3. The highest BCUT2D eigenvalue weighted by atomic mass is 15.0. The lowest BCUT2D eigenvalue weighted by molar-refractivity contribution is 0.648. The third-order valence-electron chi connectivity index (χ3n) is 8.46. The monoisotopic (exact) mass is 536 g/mol. The molecule has 1 aliphatic carbocycles. The van der Waals surface area contributed by atoms with E-state index in [1.165, 1.54) is 21.8 Å². The quantitative estimate of drug-likeness (QED) is 0.226.